The summed E-state index contributed by atoms with van der Waals surface area (Å²) in [5, 5.41) is 2.86. The fraction of sp³-hybridized carbons (Fsp3) is 0.500. The molecule has 0 aromatic heterocycles. The number of carbonyl (C=O) groups excluding carboxylic acids is 1. The molecule has 108 valence electrons. The molecule has 0 spiro atoms. The summed E-state index contributed by atoms with van der Waals surface area (Å²) in [7, 11) is 1.62. The van der Waals surface area contributed by atoms with Gasteiger partial charge in [-0.2, -0.15) is 0 Å². The molecule has 0 fully saturated rings. The van der Waals surface area contributed by atoms with Crippen molar-refractivity contribution in [2.24, 2.45) is 11.7 Å². The lowest BCUT2D eigenvalue weighted by atomic mass is 9.99. The maximum absolute atomic E-state index is 12.0. The zero-order chi connectivity index (χ0) is 13.7. The number of ether oxygens (including phenoxy) is 1. The molecule has 1 aromatic carbocycles. The summed E-state index contributed by atoms with van der Waals surface area (Å²) in [5.41, 5.74) is 7.62. The van der Waals surface area contributed by atoms with Gasteiger partial charge in [-0.15, -0.1) is 12.4 Å². The van der Waals surface area contributed by atoms with Gasteiger partial charge in [-0.25, -0.2) is 0 Å². The van der Waals surface area contributed by atoms with Crippen molar-refractivity contribution in [3.8, 4) is 5.75 Å². The lowest BCUT2D eigenvalue weighted by Crippen LogP contribution is -2.40. The minimum Gasteiger partial charge on any atom is -0.497 e. The maximum Gasteiger partial charge on any atom is 0.241 e. The van der Waals surface area contributed by atoms with E-state index < -0.39 is 6.04 Å². The van der Waals surface area contributed by atoms with E-state index in [4.69, 9.17) is 10.5 Å². The molecular formula is C14H23ClN2O2. The third kappa shape index (κ3) is 4.73. The van der Waals surface area contributed by atoms with Crippen molar-refractivity contribution in [2.75, 3.05) is 12.4 Å². The Labute approximate surface area is 121 Å². The minimum atomic E-state index is -0.475. The van der Waals surface area contributed by atoms with Crippen LogP contribution in [0.1, 0.15) is 25.8 Å². The van der Waals surface area contributed by atoms with Gasteiger partial charge in [0.05, 0.1) is 13.2 Å². The van der Waals surface area contributed by atoms with Gasteiger partial charge >= 0.3 is 0 Å². The van der Waals surface area contributed by atoms with Crippen molar-refractivity contribution in [3.63, 3.8) is 0 Å². The number of hydrogen-bond donors (Lipinski definition) is 2. The molecule has 0 aliphatic heterocycles. The third-order valence-corrected chi connectivity index (χ3v) is 3.25. The normalized spacial score (nSPS) is 13.1. The molecule has 1 aromatic rings. The predicted octanol–water partition coefficient (Wildman–Crippen LogP) is 2.74. The highest BCUT2D eigenvalue weighted by atomic mass is 35.5. The zero-order valence-electron chi connectivity index (χ0n) is 11.9. The lowest BCUT2D eigenvalue weighted by molar-refractivity contribution is -0.118. The number of carbonyl (C=O) groups is 1. The van der Waals surface area contributed by atoms with Crippen LogP contribution in [-0.4, -0.2) is 19.1 Å². The second-order valence-electron chi connectivity index (χ2n) is 4.58. The number of nitrogens with two attached hydrogens (primary N) is 1. The Balaban J connectivity index is 0.00000324. The van der Waals surface area contributed by atoms with Crippen molar-refractivity contribution in [1.29, 1.82) is 0 Å². The first-order valence-electron chi connectivity index (χ1n) is 6.20. The molecule has 0 saturated carbocycles. The van der Waals surface area contributed by atoms with Crippen LogP contribution in [0.4, 0.5) is 5.69 Å². The molecule has 2 unspecified atom stereocenters. The van der Waals surface area contributed by atoms with E-state index in [0.717, 1.165) is 23.4 Å². The number of methoxy groups -OCH3 is 1. The summed E-state index contributed by atoms with van der Waals surface area (Å²) < 4.78 is 5.12. The van der Waals surface area contributed by atoms with Gasteiger partial charge in [0.15, 0.2) is 0 Å². The van der Waals surface area contributed by atoms with Gasteiger partial charge in [-0.3, -0.25) is 4.79 Å². The van der Waals surface area contributed by atoms with E-state index in [1.165, 1.54) is 0 Å². The van der Waals surface area contributed by atoms with Gasteiger partial charge in [0.2, 0.25) is 5.91 Å². The predicted molar refractivity (Wildman–Crippen MR) is 81.0 cm³/mol. The molecule has 19 heavy (non-hydrogen) atoms. The molecule has 0 radical (unpaired) electrons. The molecular weight excluding hydrogens is 264 g/mol. The molecule has 5 heteroatoms. The largest absolute Gasteiger partial charge is 0.497 e. The van der Waals surface area contributed by atoms with Crippen LogP contribution in [-0.2, 0) is 4.79 Å². The SMILES string of the molecule is CCC(C)C(N)C(=O)Nc1ccc(OC)cc1C.Cl. The first-order chi connectivity index (χ1) is 8.49. The van der Waals surface area contributed by atoms with Crippen molar-refractivity contribution in [2.45, 2.75) is 33.2 Å². The van der Waals surface area contributed by atoms with Crippen LogP contribution in [0.2, 0.25) is 0 Å². The summed E-state index contributed by atoms with van der Waals surface area (Å²) in [6, 6.07) is 5.05. The molecule has 1 amide bonds. The Morgan fingerprint density at radius 3 is 2.58 bits per heavy atom. The van der Waals surface area contributed by atoms with Gasteiger partial charge in [-0.05, 0) is 36.6 Å². The van der Waals surface area contributed by atoms with Gasteiger partial charge in [0.1, 0.15) is 5.75 Å². The highest BCUT2D eigenvalue weighted by Crippen LogP contribution is 2.21. The summed E-state index contributed by atoms with van der Waals surface area (Å²) in [6.07, 6.45) is 0.885. The van der Waals surface area contributed by atoms with E-state index in [1.54, 1.807) is 7.11 Å². The van der Waals surface area contributed by atoms with Crippen molar-refractivity contribution >= 4 is 24.0 Å². The van der Waals surface area contributed by atoms with E-state index >= 15 is 0 Å². The monoisotopic (exact) mass is 286 g/mol. The molecule has 0 saturated heterocycles. The third-order valence-electron chi connectivity index (χ3n) is 3.25. The van der Waals surface area contributed by atoms with Crippen LogP contribution in [0.5, 0.6) is 5.75 Å². The Kier molecular flexibility index (Phi) is 7.49. The Hall–Kier alpha value is -1.26. The van der Waals surface area contributed by atoms with Crippen molar-refractivity contribution in [1.82, 2.24) is 0 Å². The number of nitrogens with one attached hydrogen (secondary N) is 1. The highest BCUT2D eigenvalue weighted by molar-refractivity contribution is 5.95. The smallest absolute Gasteiger partial charge is 0.241 e. The first kappa shape index (κ1) is 17.7. The highest BCUT2D eigenvalue weighted by Gasteiger charge is 2.19. The van der Waals surface area contributed by atoms with Crippen LogP contribution < -0.4 is 15.8 Å². The fourth-order valence-corrected chi connectivity index (χ4v) is 1.63. The summed E-state index contributed by atoms with van der Waals surface area (Å²) in [4.78, 5) is 12.0. The number of hydrogen-bond acceptors (Lipinski definition) is 3. The van der Waals surface area contributed by atoms with E-state index in [1.807, 2.05) is 39.0 Å². The zero-order valence-corrected chi connectivity index (χ0v) is 12.7. The summed E-state index contributed by atoms with van der Waals surface area (Å²) in [5.74, 6) is 0.804. The topological polar surface area (TPSA) is 64.4 Å². The average molecular weight is 287 g/mol. The van der Waals surface area contributed by atoms with Gasteiger partial charge in [-0.1, -0.05) is 20.3 Å². The fourth-order valence-electron chi connectivity index (χ4n) is 1.63. The Morgan fingerprint density at radius 2 is 2.11 bits per heavy atom. The van der Waals surface area contributed by atoms with Gasteiger partial charge in [0.25, 0.3) is 0 Å². The number of benzene rings is 1. The second kappa shape index (κ2) is 8.02. The molecule has 4 nitrogen and oxygen atoms in total. The Morgan fingerprint density at radius 1 is 1.47 bits per heavy atom. The van der Waals surface area contributed by atoms with Crippen LogP contribution in [0, 0.1) is 12.8 Å². The molecule has 0 aliphatic rings. The number of aryl methyl sites for hydroxylation is 1. The van der Waals surface area contributed by atoms with E-state index in [0.29, 0.717) is 0 Å². The minimum absolute atomic E-state index is 0. The molecule has 0 heterocycles. The summed E-state index contributed by atoms with van der Waals surface area (Å²) in [6.45, 7) is 5.93. The van der Waals surface area contributed by atoms with Crippen molar-refractivity contribution < 1.29 is 9.53 Å². The van der Waals surface area contributed by atoms with E-state index in [9.17, 15) is 4.79 Å². The van der Waals surface area contributed by atoms with E-state index in [-0.39, 0.29) is 24.2 Å². The first-order valence-corrected chi connectivity index (χ1v) is 6.20. The van der Waals surface area contributed by atoms with Crippen LogP contribution >= 0.6 is 12.4 Å². The van der Waals surface area contributed by atoms with Crippen LogP contribution in [0.15, 0.2) is 18.2 Å². The van der Waals surface area contributed by atoms with Crippen molar-refractivity contribution in [3.05, 3.63) is 23.8 Å². The Bertz CT molecular complexity index is 424. The molecule has 1 rings (SSSR count). The molecule has 2 atom stereocenters. The molecule has 0 bridgehead atoms. The van der Waals surface area contributed by atoms with Gasteiger partial charge < -0.3 is 15.8 Å². The standard InChI is InChI=1S/C14H22N2O2.ClH/c1-5-9(2)13(15)14(17)16-12-7-6-11(18-4)8-10(12)3;/h6-9,13H,5,15H2,1-4H3,(H,16,17);1H. The molecule has 3 N–H and O–H groups in total. The quantitative estimate of drug-likeness (QED) is 0.875. The lowest BCUT2D eigenvalue weighted by Gasteiger charge is -2.18. The number of halogens is 1. The number of amides is 1. The van der Waals surface area contributed by atoms with Crippen LogP contribution in [0.3, 0.4) is 0 Å². The van der Waals surface area contributed by atoms with E-state index in [2.05, 4.69) is 5.32 Å². The second-order valence-corrected chi connectivity index (χ2v) is 4.58. The number of anilines is 1. The average Bonchev–Trinajstić information content (AvgIpc) is 2.38. The molecule has 0 aliphatic carbocycles. The maximum atomic E-state index is 12.0. The summed E-state index contributed by atoms with van der Waals surface area (Å²) >= 11 is 0. The van der Waals surface area contributed by atoms with Crippen LogP contribution in [0.25, 0.3) is 0 Å². The number of rotatable bonds is 5. The van der Waals surface area contributed by atoms with Gasteiger partial charge in [0, 0.05) is 5.69 Å².